The zero-order valence-corrected chi connectivity index (χ0v) is 19.4. The number of unbranched alkanes of at least 4 members (excludes halogenated alkanes) is 2. The largest absolute Gasteiger partial charge is 0.478 e. The van der Waals surface area contributed by atoms with Crippen molar-refractivity contribution in [3.05, 3.63) is 61.0 Å². The molecule has 152 valence electrons. The van der Waals surface area contributed by atoms with Crippen molar-refractivity contribution in [1.82, 2.24) is 0 Å². The molecule has 2 rings (SSSR count). The molecule has 28 heavy (non-hydrogen) atoms. The molecule has 5 nitrogen and oxygen atoms in total. The van der Waals surface area contributed by atoms with Crippen molar-refractivity contribution in [2.24, 2.45) is 0 Å². The summed E-state index contributed by atoms with van der Waals surface area (Å²) >= 11 is 6.66. The first-order valence-corrected chi connectivity index (χ1v) is 10.5. The number of hydrogen-bond donors (Lipinski definition) is 3. The van der Waals surface area contributed by atoms with Gasteiger partial charge in [0.1, 0.15) is 0 Å². The number of rotatable bonds is 6. The van der Waals surface area contributed by atoms with E-state index in [1.807, 2.05) is 12.1 Å². The normalized spacial score (nSPS) is 10.2. The minimum Gasteiger partial charge on any atom is -0.478 e. The molecule has 0 bridgehead atoms. The number of nitrogen functional groups attached to an aromatic ring is 1. The highest BCUT2D eigenvalue weighted by Crippen LogP contribution is 2.36. The Morgan fingerprint density at radius 3 is 1.93 bits per heavy atom. The lowest BCUT2D eigenvalue weighted by Crippen LogP contribution is -2.08. The van der Waals surface area contributed by atoms with E-state index in [0.29, 0.717) is 16.8 Å². The molecule has 0 radical (unpaired) electrons. The predicted molar refractivity (Wildman–Crippen MR) is 119 cm³/mol. The van der Waals surface area contributed by atoms with Crippen LogP contribution in [-0.2, 0) is 6.42 Å². The van der Waals surface area contributed by atoms with Crippen molar-refractivity contribution in [2.75, 3.05) is 5.73 Å². The Hall–Kier alpha value is -1.86. The van der Waals surface area contributed by atoms with E-state index >= 15 is 0 Å². The van der Waals surface area contributed by atoms with E-state index in [9.17, 15) is 9.59 Å². The summed E-state index contributed by atoms with van der Waals surface area (Å²) in [5.74, 6) is -1.86. The van der Waals surface area contributed by atoms with E-state index in [1.54, 1.807) is 26.0 Å². The average Bonchev–Trinajstić information content (AvgIpc) is 2.66. The molecule has 0 amide bonds. The van der Waals surface area contributed by atoms with Crippen molar-refractivity contribution >= 4 is 49.5 Å². The first kappa shape index (κ1) is 24.2. The zero-order valence-electron chi connectivity index (χ0n) is 16.2. The van der Waals surface area contributed by atoms with Crippen LogP contribution >= 0.6 is 31.9 Å². The van der Waals surface area contributed by atoms with Crippen molar-refractivity contribution in [3.63, 3.8) is 0 Å². The molecule has 0 spiro atoms. The lowest BCUT2D eigenvalue weighted by Gasteiger charge is -2.12. The monoisotopic (exact) mass is 513 g/mol. The minimum absolute atomic E-state index is 0.164. The standard InChI is InChI=1S/C12H16O2.C9H9Br2NO2/c1-2-3-4-5-10-6-8-11(9-7-10)12(13)14;1-3-5(9(13)14)8(12)4(2)7(11)6(3)10/h6-9H,2-5H2,1H3,(H,13,14);12H2,1-2H3,(H,13,14). The summed E-state index contributed by atoms with van der Waals surface area (Å²) in [6.45, 7) is 5.66. The molecule has 7 heteroatoms. The fourth-order valence-electron chi connectivity index (χ4n) is 2.62. The number of hydrogen-bond acceptors (Lipinski definition) is 3. The molecular formula is C21H25Br2NO4. The van der Waals surface area contributed by atoms with Gasteiger partial charge in [0, 0.05) is 8.95 Å². The smallest absolute Gasteiger partial charge is 0.338 e. The molecule has 0 aliphatic rings. The molecule has 4 N–H and O–H groups in total. The van der Waals surface area contributed by atoms with Gasteiger partial charge in [-0.2, -0.15) is 0 Å². The first-order chi connectivity index (χ1) is 13.1. The van der Waals surface area contributed by atoms with Gasteiger partial charge < -0.3 is 15.9 Å². The second-order valence-corrected chi connectivity index (χ2v) is 8.02. The molecular weight excluding hydrogens is 490 g/mol. The van der Waals surface area contributed by atoms with Crippen molar-refractivity contribution in [2.45, 2.75) is 46.5 Å². The minimum atomic E-state index is -1.00. The maximum atomic E-state index is 10.9. The summed E-state index contributed by atoms with van der Waals surface area (Å²) in [5, 5.41) is 17.7. The maximum absolute atomic E-state index is 10.9. The highest BCUT2D eigenvalue weighted by Gasteiger charge is 2.19. The van der Waals surface area contributed by atoms with Gasteiger partial charge in [0.05, 0.1) is 16.8 Å². The van der Waals surface area contributed by atoms with Crippen LogP contribution in [0.2, 0.25) is 0 Å². The number of halogens is 2. The molecule has 2 aromatic carbocycles. The SMILES string of the molecule is CCCCCc1ccc(C(=O)O)cc1.Cc1c(N)c(C(=O)O)c(C)c(Br)c1Br. The van der Waals surface area contributed by atoms with Crippen molar-refractivity contribution < 1.29 is 19.8 Å². The predicted octanol–water partition coefficient (Wildman–Crippen LogP) is 6.23. The van der Waals surface area contributed by atoms with E-state index < -0.39 is 11.9 Å². The van der Waals surface area contributed by atoms with Crippen LogP contribution in [0, 0.1) is 13.8 Å². The van der Waals surface area contributed by atoms with E-state index in [2.05, 4.69) is 38.8 Å². The van der Waals surface area contributed by atoms with Crippen LogP contribution in [0.5, 0.6) is 0 Å². The van der Waals surface area contributed by atoms with Gasteiger partial charge in [-0.25, -0.2) is 9.59 Å². The molecule has 0 saturated carbocycles. The van der Waals surface area contributed by atoms with Gasteiger partial charge in [-0.3, -0.25) is 0 Å². The summed E-state index contributed by atoms with van der Waals surface area (Å²) in [5.41, 5.74) is 9.16. The molecule has 0 heterocycles. The number of aryl methyl sites for hydroxylation is 1. The number of carbonyl (C=O) groups is 2. The zero-order chi connectivity index (χ0) is 21.4. The number of carboxylic acids is 2. The Labute approximate surface area is 182 Å². The van der Waals surface area contributed by atoms with E-state index in [-0.39, 0.29) is 5.56 Å². The van der Waals surface area contributed by atoms with E-state index in [0.717, 1.165) is 20.9 Å². The van der Waals surface area contributed by atoms with Crippen LogP contribution in [0.4, 0.5) is 5.69 Å². The second-order valence-electron chi connectivity index (χ2n) is 6.43. The maximum Gasteiger partial charge on any atom is 0.338 e. The van der Waals surface area contributed by atoms with Gasteiger partial charge in [-0.1, -0.05) is 31.9 Å². The van der Waals surface area contributed by atoms with Crippen LogP contribution in [0.3, 0.4) is 0 Å². The number of nitrogens with two attached hydrogens (primary N) is 1. The highest BCUT2D eigenvalue weighted by molar-refractivity contribution is 9.13. The average molecular weight is 515 g/mol. The molecule has 2 aromatic rings. The Balaban J connectivity index is 0.000000280. The molecule has 0 fully saturated rings. The third kappa shape index (κ3) is 6.34. The van der Waals surface area contributed by atoms with E-state index in [1.165, 1.54) is 24.8 Å². The Morgan fingerprint density at radius 1 is 0.929 bits per heavy atom. The third-order valence-electron chi connectivity index (χ3n) is 4.38. The molecule has 0 atom stereocenters. The second kappa shape index (κ2) is 11.2. The van der Waals surface area contributed by atoms with Gasteiger partial charge in [-0.05, 0) is 87.4 Å². The fourth-order valence-corrected chi connectivity index (χ4v) is 3.62. The van der Waals surface area contributed by atoms with Crippen molar-refractivity contribution in [3.8, 4) is 0 Å². The lowest BCUT2D eigenvalue weighted by molar-refractivity contribution is 0.0686. The quantitative estimate of drug-likeness (QED) is 0.313. The molecule has 0 unspecified atom stereocenters. The number of carboxylic acid groups (broad SMARTS) is 2. The molecule has 0 saturated heterocycles. The number of aromatic carboxylic acids is 2. The highest BCUT2D eigenvalue weighted by atomic mass is 79.9. The van der Waals surface area contributed by atoms with Crippen LogP contribution in [0.25, 0.3) is 0 Å². The number of anilines is 1. The number of benzene rings is 2. The summed E-state index contributed by atoms with van der Waals surface area (Å²) in [6, 6.07) is 7.14. The van der Waals surface area contributed by atoms with Gasteiger partial charge in [0.25, 0.3) is 0 Å². The third-order valence-corrected chi connectivity index (χ3v) is 6.90. The van der Waals surface area contributed by atoms with Crippen LogP contribution in [-0.4, -0.2) is 22.2 Å². The summed E-state index contributed by atoms with van der Waals surface area (Å²) in [7, 11) is 0. The van der Waals surface area contributed by atoms with Crippen LogP contribution < -0.4 is 5.73 Å². The van der Waals surface area contributed by atoms with E-state index in [4.69, 9.17) is 15.9 Å². The fraction of sp³-hybridized carbons (Fsp3) is 0.333. The Bertz CT molecular complexity index is 819. The Morgan fingerprint density at radius 2 is 1.46 bits per heavy atom. The molecule has 0 aliphatic heterocycles. The van der Waals surface area contributed by atoms with Gasteiger partial charge in [0.15, 0.2) is 0 Å². The van der Waals surface area contributed by atoms with Crippen molar-refractivity contribution in [1.29, 1.82) is 0 Å². The summed E-state index contributed by atoms with van der Waals surface area (Å²) in [6.07, 6.45) is 4.69. The Kier molecular flexibility index (Phi) is 9.69. The van der Waals surface area contributed by atoms with Gasteiger partial charge >= 0.3 is 11.9 Å². The topological polar surface area (TPSA) is 101 Å². The van der Waals surface area contributed by atoms with Gasteiger partial charge in [0.2, 0.25) is 0 Å². The molecule has 0 aliphatic carbocycles. The first-order valence-electron chi connectivity index (χ1n) is 8.90. The van der Waals surface area contributed by atoms with Crippen LogP contribution in [0.15, 0.2) is 33.2 Å². The lowest BCUT2D eigenvalue weighted by atomic mass is 10.0. The molecule has 0 aromatic heterocycles. The van der Waals surface area contributed by atoms with Crippen LogP contribution in [0.1, 0.15) is 63.6 Å². The van der Waals surface area contributed by atoms with Gasteiger partial charge in [-0.15, -0.1) is 0 Å². The summed E-state index contributed by atoms with van der Waals surface area (Å²) in [4.78, 5) is 21.5. The summed E-state index contributed by atoms with van der Waals surface area (Å²) < 4.78 is 1.54.